The molecule has 0 bridgehead atoms. The van der Waals surface area contributed by atoms with Crippen molar-refractivity contribution in [3.63, 3.8) is 0 Å². The first-order valence-electron chi connectivity index (χ1n) is 10.8. The third-order valence-corrected chi connectivity index (χ3v) is 6.93. The molecule has 0 aliphatic carbocycles. The number of nitrogens with zero attached hydrogens (tertiary/aromatic N) is 5. The van der Waals surface area contributed by atoms with Crippen LogP contribution in [0.5, 0.6) is 0 Å². The zero-order valence-corrected chi connectivity index (χ0v) is 18.0. The van der Waals surface area contributed by atoms with Crippen LogP contribution in [0.3, 0.4) is 0 Å². The second kappa shape index (κ2) is 6.41. The lowest BCUT2D eigenvalue weighted by molar-refractivity contribution is -0.120. The van der Waals surface area contributed by atoms with E-state index >= 15 is 0 Å². The summed E-state index contributed by atoms with van der Waals surface area (Å²) in [4.78, 5) is 35.4. The fraction of sp³-hybridized carbons (Fsp3) is 0.409. The topological polar surface area (TPSA) is 117 Å². The van der Waals surface area contributed by atoms with Crippen LogP contribution in [-0.2, 0) is 15.0 Å². The van der Waals surface area contributed by atoms with Crippen molar-refractivity contribution in [2.45, 2.75) is 32.1 Å². The van der Waals surface area contributed by atoms with Crippen LogP contribution in [0.25, 0.3) is 5.65 Å². The number of rotatable bonds is 3. The van der Waals surface area contributed by atoms with Gasteiger partial charge in [-0.2, -0.15) is 4.98 Å². The molecule has 2 amide bonds. The second-order valence-electron chi connectivity index (χ2n) is 9.54. The molecule has 10 heteroatoms. The van der Waals surface area contributed by atoms with E-state index in [4.69, 9.17) is 0 Å². The van der Waals surface area contributed by atoms with E-state index in [0.717, 1.165) is 48.8 Å². The summed E-state index contributed by atoms with van der Waals surface area (Å²) in [5.41, 5.74) is 2.68. The molecule has 164 valence electrons. The maximum atomic E-state index is 12.2. The molecule has 10 nitrogen and oxygen atoms in total. The van der Waals surface area contributed by atoms with Crippen LogP contribution < -0.4 is 20.9 Å². The highest BCUT2D eigenvalue weighted by molar-refractivity contribution is 6.06. The van der Waals surface area contributed by atoms with E-state index in [0.29, 0.717) is 18.0 Å². The van der Waals surface area contributed by atoms with Gasteiger partial charge in [0.2, 0.25) is 17.8 Å². The molecule has 6 rings (SSSR count). The van der Waals surface area contributed by atoms with Gasteiger partial charge in [0.05, 0.1) is 5.41 Å². The Morgan fingerprint density at radius 2 is 2.09 bits per heavy atom. The van der Waals surface area contributed by atoms with Gasteiger partial charge < -0.3 is 20.9 Å². The summed E-state index contributed by atoms with van der Waals surface area (Å²) in [6, 6.07) is 5.79. The number of amides is 2. The Balaban J connectivity index is 1.27. The predicted octanol–water partition coefficient (Wildman–Crippen LogP) is 1.81. The number of benzene rings is 1. The molecular formula is C22H24N8O2. The fourth-order valence-corrected chi connectivity index (χ4v) is 5.04. The van der Waals surface area contributed by atoms with Crippen molar-refractivity contribution in [3.05, 3.63) is 36.2 Å². The first-order valence-corrected chi connectivity index (χ1v) is 10.8. The van der Waals surface area contributed by atoms with E-state index in [1.54, 1.807) is 16.9 Å². The lowest BCUT2D eigenvalue weighted by Gasteiger charge is -2.22. The third-order valence-electron chi connectivity index (χ3n) is 6.93. The molecule has 5 heterocycles. The highest BCUT2D eigenvalue weighted by Gasteiger charge is 2.44. The van der Waals surface area contributed by atoms with Gasteiger partial charge in [-0.25, -0.2) is 9.50 Å². The Kier molecular flexibility index (Phi) is 3.81. The molecule has 2 fully saturated rings. The van der Waals surface area contributed by atoms with Gasteiger partial charge in [0, 0.05) is 55.2 Å². The predicted molar refractivity (Wildman–Crippen MR) is 119 cm³/mol. The minimum atomic E-state index is -0.539. The summed E-state index contributed by atoms with van der Waals surface area (Å²) >= 11 is 0. The normalized spacial score (nSPS) is 23.6. The van der Waals surface area contributed by atoms with Gasteiger partial charge in [-0.1, -0.05) is 6.07 Å². The van der Waals surface area contributed by atoms with Crippen LogP contribution >= 0.6 is 0 Å². The molecule has 32 heavy (non-hydrogen) atoms. The molecular weight excluding hydrogens is 408 g/mol. The number of hydrogen-bond acceptors (Lipinski definition) is 7. The third kappa shape index (κ3) is 2.82. The summed E-state index contributed by atoms with van der Waals surface area (Å²) in [6.07, 6.45) is 5.01. The van der Waals surface area contributed by atoms with E-state index in [1.807, 2.05) is 32.0 Å². The van der Waals surface area contributed by atoms with Gasteiger partial charge in [0.1, 0.15) is 0 Å². The van der Waals surface area contributed by atoms with Gasteiger partial charge in [0.15, 0.2) is 11.5 Å². The average Bonchev–Trinajstić information content (AvgIpc) is 3.49. The number of anilines is 4. The van der Waals surface area contributed by atoms with Crippen molar-refractivity contribution >= 4 is 40.6 Å². The summed E-state index contributed by atoms with van der Waals surface area (Å²) < 4.78 is 1.71. The monoisotopic (exact) mass is 432 g/mol. The van der Waals surface area contributed by atoms with E-state index in [9.17, 15) is 9.59 Å². The Labute approximate surface area is 184 Å². The van der Waals surface area contributed by atoms with Crippen LogP contribution in [0.4, 0.5) is 23.1 Å². The zero-order chi connectivity index (χ0) is 22.1. The summed E-state index contributed by atoms with van der Waals surface area (Å²) in [6.45, 7) is 6.15. The minimum Gasteiger partial charge on any atom is -0.355 e. The van der Waals surface area contributed by atoms with E-state index in [2.05, 4.69) is 35.9 Å². The Hall–Kier alpha value is -3.69. The number of fused-ring (bicyclic) bond motifs is 2. The van der Waals surface area contributed by atoms with E-state index in [1.165, 1.54) is 0 Å². The number of aromatic nitrogens is 4. The maximum absolute atomic E-state index is 12.2. The number of nitrogens with one attached hydrogen (secondary N) is 3. The van der Waals surface area contributed by atoms with Gasteiger partial charge in [-0.3, -0.25) is 9.59 Å². The molecule has 0 unspecified atom stereocenters. The molecule has 1 atom stereocenters. The van der Waals surface area contributed by atoms with Gasteiger partial charge in [-0.15, -0.1) is 5.10 Å². The number of hydrogen-bond donors (Lipinski definition) is 3. The summed E-state index contributed by atoms with van der Waals surface area (Å²) in [5, 5.41) is 13.7. The lowest BCUT2D eigenvalue weighted by Crippen LogP contribution is -2.29. The molecule has 0 saturated carbocycles. The maximum Gasteiger partial charge on any atom is 0.247 e. The van der Waals surface area contributed by atoms with Gasteiger partial charge in [-0.05, 0) is 38.0 Å². The van der Waals surface area contributed by atoms with Crippen molar-refractivity contribution < 1.29 is 9.59 Å². The average molecular weight is 432 g/mol. The molecule has 1 aromatic carbocycles. The lowest BCUT2D eigenvalue weighted by atomic mass is 9.86. The van der Waals surface area contributed by atoms with Crippen molar-refractivity contribution in [2.75, 3.05) is 35.2 Å². The number of carbonyl (C=O) groups excluding carboxylic acids is 2. The van der Waals surface area contributed by atoms with Gasteiger partial charge in [0.25, 0.3) is 0 Å². The van der Waals surface area contributed by atoms with Crippen molar-refractivity contribution in [3.8, 4) is 0 Å². The van der Waals surface area contributed by atoms with Crippen LogP contribution in [-0.4, -0.2) is 51.0 Å². The van der Waals surface area contributed by atoms with Crippen LogP contribution in [0, 0.1) is 5.41 Å². The highest BCUT2D eigenvalue weighted by atomic mass is 16.2. The smallest absolute Gasteiger partial charge is 0.247 e. The zero-order valence-electron chi connectivity index (χ0n) is 18.0. The molecule has 2 aromatic heterocycles. The van der Waals surface area contributed by atoms with Crippen molar-refractivity contribution in [1.82, 2.24) is 24.9 Å². The largest absolute Gasteiger partial charge is 0.355 e. The Bertz CT molecular complexity index is 1280. The SMILES string of the molecule is CC1(C)C(=O)Nc2cc(Nc3nc4c(N5CC[C@]6(CNC(=O)C6)C5)nccn4n3)ccc21. The second-order valence-corrected chi connectivity index (χ2v) is 9.54. The van der Waals surface area contributed by atoms with Crippen LogP contribution in [0.15, 0.2) is 30.6 Å². The summed E-state index contributed by atoms with van der Waals surface area (Å²) in [5.74, 6) is 1.34. The molecule has 3 N–H and O–H groups in total. The molecule has 3 aliphatic heterocycles. The molecule has 3 aromatic rings. The molecule has 0 radical (unpaired) electrons. The Morgan fingerprint density at radius 3 is 2.91 bits per heavy atom. The first-order chi connectivity index (χ1) is 15.3. The Morgan fingerprint density at radius 1 is 1.22 bits per heavy atom. The first kappa shape index (κ1) is 19.0. The van der Waals surface area contributed by atoms with E-state index < -0.39 is 5.41 Å². The van der Waals surface area contributed by atoms with Crippen molar-refractivity contribution in [1.29, 1.82) is 0 Å². The van der Waals surface area contributed by atoms with Crippen molar-refractivity contribution in [2.24, 2.45) is 5.41 Å². The van der Waals surface area contributed by atoms with E-state index in [-0.39, 0.29) is 17.2 Å². The quantitative estimate of drug-likeness (QED) is 0.578. The molecule has 1 spiro atoms. The van der Waals surface area contributed by atoms with Crippen LogP contribution in [0.1, 0.15) is 32.3 Å². The van der Waals surface area contributed by atoms with Crippen LogP contribution in [0.2, 0.25) is 0 Å². The number of carbonyl (C=O) groups is 2. The molecule has 2 saturated heterocycles. The fourth-order valence-electron chi connectivity index (χ4n) is 5.04. The molecule has 3 aliphatic rings. The summed E-state index contributed by atoms with van der Waals surface area (Å²) in [7, 11) is 0. The van der Waals surface area contributed by atoms with Gasteiger partial charge >= 0.3 is 0 Å². The minimum absolute atomic E-state index is 0.00577. The highest BCUT2D eigenvalue weighted by Crippen LogP contribution is 2.40. The standard InChI is InChI=1S/C22H24N8O2/c1-21(2)14-4-3-13(9-15(14)26-19(21)32)25-20-27-18-17(23-6-8-30(18)28-20)29-7-5-22(12-29)10-16(31)24-11-22/h3-4,6,8-9H,5,7,10-12H2,1-2H3,(H,24,31)(H,25,28)(H,26,32)/t22-/m0/s1.